The van der Waals surface area contributed by atoms with Gasteiger partial charge < -0.3 is 5.32 Å². The van der Waals surface area contributed by atoms with Gasteiger partial charge in [-0.25, -0.2) is 14.4 Å². The van der Waals surface area contributed by atoms with Crippen molar-refractivity contribution in [2.75, 3.05) is 18.6 Å². The van der Waals surface area contributed by atoms with Gasteiger partial charge in [-0.1, -0.05) is 32.5 Å². The summed E-state index contributed by atoms with van der Waals surface area (Å²) in [5.74, 6) is -0.443. The lowest BCUT2D eigenvalue weighted by molar-refractivity contribution is 0.628. The molecule has 0 aliphatic heterocycles. The molecule has 0 aliphatic carbocycles. The Morgan fingerprint density at radius 1 is 1.16 bits per heavy atom. The Labute approximate surface area is 193 Å². The molecule has 4 heterocycles. The summed E-state index contributed by atoms with van der Waals surface area (Å²) < 4.78 is 15.0. The van der Waals surface area contributed by atoms with Crippen LogP contribution in [0.15, 0.2) is 48.9 Å². The third-order valence-electron chi connectivity index (χ3n) is 5.31. The molecule has 0 fully saturated rings. The van der Waals surface area contributed by atoms with E-state index >= 15 is 4.39 Å². The van der Waals surface area contributed by atoms with Crippen molar-refractivity contribution in [3.05, 3.63) is 71.0 Å². The standard InChI is InChI=1S/C24H24ClFN5P/c1-5-18(15-7-6-10-27-12-15)30-24-21(25)14(2)29-19-11-17(26)22(31-23(19)24)16-8-9-20(28-13-16)32(3)4/h6-13,18H,5H2,1-4H3,(H,29,30). The van der Waals surface area contributed by atoms with Gasteiger partial charge in [0.1, 0.15) is 11.2 Å². The van der Waals surface area contributed by atoms with Gasteiger partial charge in [0.15, 0.2) is 5.82 Å². The maximum atomic E-state index is 15.0. The minimum absolute atomic E-state index is 0.0317. The molecule has 164 valence electrons. The monoisotopic (exact) mass is 467 g/mol. The van der Waals surface area contributed by atoms with Crippen LogP contribution in [0.4, 0.5) is 10.1 Å². The summed E-state index contributed by atoms with van der Waals surface area (Å²) >= 11 is 6.67. The molecule has 0 radical (unpaired) electrons. The molecule has 0 amide bonds. The number of aryl methyl sites for hydroxylation is 1. The summed E-state index contributed by atoms with van der Waals surface area (Å²) in [7, 11) is -0.328. The van der Waals surface area contributed by atoms with Crippen LogP contribution in [0.25, 0.3) is 22.3 Å². The number of rotatable bonds is 6. The van der Waals surface area contributed by atoms with Crippen LogP contribution in [0.2, 0.25) is 5.02 Å². The van der Waals surface area contributed by atoms with Crippen molar-refractivity contribution in [2.24, 2.45) is 0 Å². The normalized spacial score (nSPS) is 12.3. The first-order valence-corrected chi connectivity index (χ1v) is 13.0. The van der Waals surface area contributed by atoms with Crippen molar-refractivity contribution >= 4 is 41.7 Å². The molecule has 0 saturated carbocycles. The molecule has 8 heteroatoms. The Balaban J connectivity index is 1.85. The Hall–Kier alpha value is -2.69. The lowest BCUT2D eigenvalue weighted by atomic mass is 10.1. The van der Waals surface area contributed by atoms with Gasteiger partial charge in [0, 0.05) is 30.2 Å². The average molecular weight is 468 g/mol. The summed E-state index contributed by atoms with van der Waals surface area (Å²) in [5, 5.41) is 3.98. The van der Waals surface area contributed by atoms with Crippen molar-refractivity contribution in [2.45, 2.75) is 26.3 Å². The molecule has 0 spiro atoms. The molecule has 0 saturated heterocycles. The predicted octanol–water partition coefficient (Wildman–Crippen LogP) is 6.12. The van der Waals surface area contributed by atoms with Crippen molar-refractivity contribution in [1.29, 1.82) is 0 Å². The van der Waals surface area contributed by atoms with E-state index in [0.29, 0.717) is 33.0 Å². The van der Waals surface area contributed by atoms with E-state index in [1.54, 1.807) is 19.3 Å². The first-order chi connectivity index (χ1) is 15.4. The van der Waals surface area contributed by atoms with E-state index in [-0.39, 0.29) is 19.7 Å². The maximum absolute atomic E-state index is 15.0. The fourth-order valence-corrected chi connectivity index (χ4v) is 4.41. The van der Waals surface area contributed by atoms with Crippen molar-refractivity contribution in [1.82, 2.24) is 19.9 Å². The zero-order valence-corrected chi connectivity index (χ0v) is 20.0. The number of hydrogen-bond acceptors (Lipinski definition) is 5. The first kappa shape index (κ1) is 22.5. The second-order valence-corrected chi connectivity index (χ2v) is 10.4. The van der Waals surface area contributed by atoms with Crippen molar-refractivity contribution in [3.8, 4) is 11.3 Å². The number of halogens is 2. The predicted molar refractivity (Wildman–Crippen MR) is 132 cm³/mol. The largest absolute Gasteiger partial charge is 0.375 e. The Morgan fingerprint density at radius 2 is 1.97 bits per heavy atom. The molecule has 4 aromatic heterocycles. The van der Waals surface area contributed by atoms with Crippen molar-refractivity contribution < 1.29 is 4.39 Å². The molecule has 4 aromatic rings. The van der Waals surface area contributed by atoms with Gasteiger partial charge in [0.2, 0.25) is 0 Å². The van der Waals surface area contributed by atoms with E-state index in [2.05, 4.69) is 45.5 Å². The van der Waals surface area contributed by atoms with Gasteiger partial charge in [0.05, 0.1) is 33.4 Å². The molecule has 1 N–H and O–H groups in total. The molecule has 4 rings (SSSR count). The van der Waals surface area contributed by atoms with E-state index in [1.807, 2.05) is 30.5 Å². The van der Waals surface area contributed by atoms with Gasteiger partial charge in [-0.05, 0) is 50.4 Å². The number of fused-ring (bicyclic) bond motifs is 1. The fourth-order valence-electron chi connectivity index (χ4n) is 3.57. The summed E-state index contributed by atoms with van der Waals surface area (Å²) in [6.45, 7) is 8.15. The third-order valence-corrected chi connectivity index (χ3v) is 6.95. The molecular formula is C24H24ClFN5P. The van der Waals surface area contributed by atoms with E-state index in [9.17, 15) is 0 Å². The molecule has 1 unspecified atom stereocenters. The van der Waals surface area contributed by atoms with Crippen molar-refractivity contribution in [3.63, 3.8) is 0 Å². The average Bonchev–Trinajstić information content (AvgIpc) is 2.80. The molecular weight excluding hydrogens is 444 g/mol. The lowest BCUT2D eigenvalue weighted by Crippen LogP contribution is -2.12. The topological polar surface area (TPSA) is 63.6 Å². The molecule has 0 bridgehead atoms. The van der Waals surface area contributed by atoms with Gasteiger partial charge in [-0.2, -0.15) is 0 Å². The first-order valence-electron chi connectivity index (χ1n) is 10.4. The smallest absolute Gasteiger partial charge is 0.151 e. The summed E-state index contributed by atoms with van der Waals surface area (Å²) in [6, 6.07) is 9.09. The Bertz CT molecular complexity index is 1250. The summed E-state index contributed by atoms with van der Waals surface area (Å²) in [6.07, 6.45) is 6.05. The Kier molecular flexibility index (Phi) is 6.63. The zero-order chi connectivity index (χ0) is 22.8. The lowest BCUT2D eigenvalue weighted by Gasteiger charge is -2.21. The van der Waals surface area contributed by atoms with Gasteiger partial charge in [-0.15, -0.1) is 0 Å². The van der Waals surface area contributed by atoms with Crippen LogP contribution < -0.4 is 10.8 Å². The van der Waals surface area contributed by atoms with E-state index in [1.165, 1.54) is 6.07 Å². The molecule has 32 heavy (non-hydrogen) atoms. The van der Waals surface area contributed by atoms with E-state index in [0.717, 1.165) is 17.4 Å². The second-order valence-electron chi connectivity index (χ2n) is 7.76. The highest BCUT2D eigenvalue weighted by Crippen LogP contribution is 2.36. The van der Waals surface area contributed by atoms with Gasteiger partial charge >= 0.3 is 0 Å². The van der Waals surface area contributed by atoms with Crippen LogP contribution >= 0.6 is 19.5 Å². The van der Waals surface area contributed by atoms with Crippen LogP contribution in [-0.2, 0) is 0 Å². The number of anilines is 1. The molecule has 1 atom stereocenters. The minimum atomic E-state index is -0.443. The third kappa shape index (κ3) is 4.43. The van der Waals surface area contributed by atoms with E-state index < -0.39 is 5.82 Å². The number of hydrogen-bond donors (Lipinski definition) is 1. The molecule has 0 aliphatic rings. The molecule has 5 nitrogen and oxygen atoms in total. The quantitative estimate of drug-likeness (QED) is 0.346. The maximum Gasteiger partial charge on any atom is 0.151 e. The summed E-state index contributed by atoms with van der Waals surface area (Å²) in [4.78, 5) is 17.9. The van der Waals surface area contributed by atoms with Crippen LogP contribution in [0.1, 0.15) is 30.6 Å². The summed E-state index contributed by atoms with van der Waals surface area (Å²) in [5.41, 5.74) is 5.12. The number of aromatic nitrogens is 4. The van der Waals surface area contributed by atoms with Crippen LogP contribution in [0.5, 0.6) is 0 Å². The van der Waals surface area contributed by atoms with E-state index in [4.69, 9.17) is 11.6 Å². The SMILES string of the molecule is CCC(Nc1c(Cl)c(C)nc2cc(F)c(-c3ccc(P(C)C)nc3)nc12)c1cccnc1. The highest BCUT2D eigenvalue weighted by atomic mass is 35.5. The van der Waals surface area contributed by atoms with Gasteiger partial charge in [0.25, 0.3) is 0 Å². The highest BCUT2D eigenvalue weighted by Gasteiger charge is 2.20. The zero-order valence-electron chi connectivity index (χ0n) is 18.4. The minimum Gasteiger partial charge on any atom is -0.375 e. The Morgan fingerprint density at radius 3 is 2.59 bits per heavy atom. The highest BCUT2D eigenvalue weighted by molar-refractivity contribution is 7.63. The number of pyridine rings is 4. The number of nitrogens with one attached hydrogen (secondary N) is 1. The van der Waals surface area contributed by atoms with Gasteiger partial charge in [-0.3, -0.25) is 9.97 Å². The van der Waals surface area contributed by atoms with Crippen LogP contribution in [-0.4, -0.2) is 33.3 Å². The number of nitrogens with zero attached hydrogens (tertiary/aromatic N) is 4. The fraction of sp³-hybridized carbons (Fsp3) is 0.250. The van der Waals surface area contributed by atoms with Crippen LogP contribution in [0.3, 0.4) is 0 Å². The molecule has 0 aromatic carbocycles. The second kappa shape index (κ2) is 9.43. The van der Waals surface area contributed by atoms with Crippen LogP contribution in [0, 0.1) is 12.7 Å².